The fourth-order valence-corrected chi connectivity index (χ4v) is 11.1. The smallest absolute Gasteiger partial charge is 0.306 e. The van der Waals surface area contributed by atoms with Crippen LogP contribution in [0.25, 0.3) is 0 Å². The second-order valence-corrected chi connectivity index (χ2v) is 24.8. The lowest BCUT2D eigenvalue weighted by atomic mass is 10.0. The lowest BCUT2D eigenvalue weighted by molar-refractivity contribution is -0.167. The molecule has 0 aliphatic rings. The van der Waals surface area contributed by atoms with Gasteiger partial charge in [-0.25, -0.2) is 0 Å². The van der Waals surface area contributed by atoms with E-state index < -0.39 is 6.10 Å². The van der Waals surface area contributed by atoms with Crippen LogP contribution in [0.5, 0.6) is 0 Å². The Labute approximate surface area is 517 Å². The average Bonchev–Trinajstić information content (AvgIpc) is 3.48. The number of ether oxygens (including phenoxy) is 3. The Morgan fingerprint density at radius 3 is 0.735 bits per heavy atom. The summed E-state index contributed by atoms with van der Waals surface area (Å²) in [5.74, 6) is -0.853. The minimum atomic E-state index is -0.776. The number of allylic oxidation sites excluding steroid dienone is 10. The Kier molecular flexibility index (Phi) is 69.1. The number of esters is 3. The zero-order valence-electron chi connectivity index (χ0n) is 55.7. The summed E-state index contributed by atoms with van der Waals surface area (Å²) in [4.78, 5) is 38.4. The fraction of sp³-hybridized carbons (Fsp3) is 0.831. The minimum absolute atomic E-state index is 0.0712. The first kappa shape index (κ1) is 80.1. The normalized spacial score (nSPS) is 12.4. The molecule has 0 heterocycles. The number of hydrogen-bond acceptors (Lipinski definition) is 6. The number of unbranched alkanes of at least 4 members (excludes halogenated alkanes) is 47. The first-order valence-corrected chi connectivity index (χ1v) is 36.8. The molecule has 6 nitrogen and oxygen atoms in total. The number of rotatable bonds is 68. The molecule has 0 rings (SSSR count). The molecule has 0 aliphatic heterocycles. The van der Waals surface area contributed by atoms with Crippen LogP contribution in [-0.4, -0.2) is 37.2 Å². The number of carbonyl (C=O) groups is 3. The molecule has 0 aliphatic carbocycles. The van der Waals surface area contributed by atoms with Gasteiger partial charge in [-0.05, 0) is 64.2 Å². The third-order valence-electron chi connectivity index (χ3n) is 16.5. The molecular formula is C77H140O6. The van der Waals surface area contributed by atoms with Crippen LogP contribution >= 0.6 is 0 Å². The van der Waals surface area contributed by atoms with E-state index in [0.717, 1.165) is 96.3 Å². The van der Waals surface area contributed by atoms with Crippen molar-refractivity contribution in [1.82, 2.24) is 0 Å². The van der Waals surface area contributed by atoms with E-state index in [1.54, 1.807) is 0 Å². The SMILES string of the molecule is CC/C=C\C/C=C\C/C=C\C/C=C\C/C=C\CCCCCCCCCCCC(=O)OC(COC(=O)CCCCCCCCCCCCC)COC(=O)CCCCCCCCCCCCCCCCCCCCCCCCCCCCCCC. The molecule has 0 amide bonds. The van der Waals surface area contributed by atoms with Crippen molar-refractivity contribution in [3.8, 4) is 0 Å². The second-order valence-electron chi connectivity index (χ2n) is 24.8. The molecule has 0 aromatic rings. The molecule has 6 heteroatoms. The Morgan fingerprint density at radius 1 is 0.253 bits per heavy atom. The van der Waals surface area contributed by atoms with Gasteiger partial charge in [-0.3, -0.25) is 14.4 Å². The highest BCUT2D eigenvalue weighted by molar-refractivity contribution is 5.71. The molecule has 0 bridgehead atoms. The predicted molar refractivity (Wildman–Crippen MR) is 362 cm³/mol. The summed E-state index contributed by atoms with van der Waals surface area (Å²) in [5.41, 5.74) is 0. The lowest BCUT2D eigenvalue weighted by Crippen LogP contribution is -2.30. The van der Waals surface area contributed by atoms with Gasteiger partial charge in [0.05, 0.1) is 0 Å². The molecule has 484 valence electrons. The number of hydrogen-bond donors (Lipinski definition) is 0. The molecule has 1 unspecified atom stereocenters. The van der Waals surface area contributed by atoms with Gasteiger partial charge < -0.3 is 14.2 Å². The zero-order valence-corrected chi connectivity index (χ0v) is 55.7. The van der Waals surface area contributed by atoms with Gasteiger partial charge >= 0.3 is 17.9 Å². The molecule has 0 radical (unpaired) electrons. The lowest BCUT2D eigenvalue weighted by Gasteiger charge is -2.18. The predicted octanol–water partition coefficient (Wildman–Crippen LogP) is 25.5. The minimum Gasteiger partial charge on any atom is -0.462 e. The highest BCUT2D eigenvalue weighted by Gasteiger charge is 2.19. The molecule has 1 atom stereocenters. The Morgan fingerprint density at radius 2 is 0.470 bits per heavy atom. The van der Waals surface area contributed by atoms with Gasteiger partial charge in [0.15, 0.2) is 6.10 Å². The summed E-state index contributed by atoms with van der Waals surface area (Å²) in [6, 6.07) is 0. The van der Waals surface area contributed by atoms with Crippen molar-refractivity contribution in [1.29, 1.82) is 0 Å². The van der Waals surface area contributed by atoms with Crippen molar-refractivity contribution in [2.24, 2.45) is 0 Å². The molecule has 0 N–H and O–H groups in total. The van der Waals surface area contributed by atoms with Crippen molar-refractivity contribution in [2.75, 3.05) is 13.2 Å². The van der Waals surface area contributed by atoms with Gasteiger partial charge in [0, 0.05) is 19.3 Å². The van der Waals surface area contributed by atoms with E-state index in [4.69, 9.17) is 14.2 Å². The van der Waals surface area contributed by atoms with Crippen LogP contribution in [0.15, 0.2) is 60.8 Å². The van der Waals surface area contributed by atoms with Crippen LogP contribution in [0.3, 0.4) is 0 Å². The standard InChI is InChI=1S/C77H140O6/c1-4-7-10-13-16-19-22-24-26-28-30-32-34-36-37-38-39-41-42-44-46-48-50-52-55-58-61-64-67-70-76(79)82-73-74(72-81-75(78)69-66-63-60-57-54-21-18-15-12-9-6-3)83-77(80)71-68-65-62-59-56-53-51-49-47-45-43-40-35-33-31-29-27-25-23-20-17-14-11-8-5-2/h8,11,17,20,25,27,31,33,40,43,74H,4-7,9-10,12-16,18-19,21-24,26,28-30,32,34-39,41-42,44-73H2,1-3H3/b11-8-,20-17-,27-25-,33-31-,43-40-. The van der Waals surface area contributed by atoms with Gasteiger partial charge in [0.25, 0.3) is 0 Å². The summed E-state index contributed by atoms with van der Waals surface area (Å²) in [5, 5.41) is 0. The summed E-state index contributed by atoms with van der Waals surface area (Å²) in [6.07, 6.45) is 92.7. The monoisotopic (exact) mass is 1160 g/mol. The zero-order chi connectivity index (χ0) is 59.9. The highest BCUT2D eigenvalue weighted by Crippen LogP contribution is 2.19. The second kappa shape index (κ2) is 71.6. The van der Waals surface area contributed by atoms with Crippen LogP contribution in [0.4, 0.5) is 0 Å². The van der Waals surface area contributed by atoms with E-state index >= 15 is 0 Å². The van der Waals surface area contributed by atoms with E-state index in [9.17, 15) is 14.4 Å². The van der Waals surface area contributed by atoms with Gasteiger partial charge in [-0.15, -0.1) is 0 Å². The van der Waals surface area contributed by atoms with Crippen molar-refractivity contribution in [2.45, 2.75) is 399 Å². The maximum Gasteiger partial charge on any atom is 0.306 e. The molecule has 0 fully saturated rings. The van der Waals surface area contributed by atoms with Crippen LogP contribution in [0.1, 0.15) is 393 Å². The maximum absolute atomic E-state index is 13.0. The van der Waals surface area contributed by atoms with Gasteiger partial charge in [0.1, 0.15) is 13.2 Å². The Bertz CT molecular complexity index is 1470. The van der Waals surface area contributed by atoms with Crippen molar-refractivity contribution in [3.63, 3.8) is 0 Å². The van der Waals surface area contributed by atoms with E-state index in [2.05, 4.69) is 81.5 Å². The number of carbonyl (C=O) groups excluding carboxylic acids is 3. The molecule has 0 spiro atoms. The fourth-order valence-electron chi connectivity index (χ4n) is 11.1. The van der Waals surface area contributed by atoms with Gasteiger partial charge in [-0.1, -0.05) is 370 Å². The van der Waals surface area contributed by atoms with Crippen molar-refractivity contribution >= 4 is 17.9 Å². The van der Waals surface area contributed by atoms with E-state index in [1.807, 2.05) is 0 Å². The highest BCUT2D eigenvalue weighted by atomic mass is 16.6. The molecule has 0 aromatic heterocycles. The van der Waals surface area contributed by atoms with Gasteiger partial charge in [-0.2, -0.15) is 0 Å². The van der Waals surface area contributed by atoms with Crippen molar-refractivity contribution < 1.29 is 28.6 Å². The summed E-state index contributed by atoms with van der Waals surface area (Å²) >= 11 is 0. The molecule has 83 heavy (non-hydrogen) atoms. The van der Waals surface area contributed by atoms with Crippen LogP contribution in [0, 0.1) is 0 Å². The van der Waals surface area contributed by atoms with Crippen LogP contribution in [-0.2, 0) is 28.6 Å². The van der Waals surface area contributed by atoms with Crippen molar-refractivity contribution in [3.05, 3.63) is 60.8 Å². The Hall–Kier alpha value is -2.89. The van der Waals surface area contributed by atoms with E-state index in [-0.39, 0.29) is 31.1 Å². The summed E-state index contributed by atoms with van der Waals surface area (Å²) in [7, 11) is 0. The molecular weight excluding hydrogens is 1020 g/mol. The molecule has 0 saturated carbocycles. The average molecular weight is 1160 g/mol. The van der Waals surface area contributed by atoms with Gasteiger partial charge in [0.2, 0.25) is 0 Å². The van der Waals surface area contributed by atoms with Crippen LogP contribution < -0.4 is 0 Å². The molecule has 0 saturated heterocycles. The first-order chi connectivity index (χ1) is 41.0. The molecule has 0 aromatic carbocycles. The quantitative estimate of drug-likeness (QED) is 0.0261. The van der Waals surface area contributed by atoms with Crippen LogP contribution in [0.2, 0.25) is 0 Å². The maximum atomic E-state index is 13.0. The summed E-state index contributed by atoms with van der Waals surface area (Å²) < 4.78 is 17.0. The third-order valence-corrected chi connectivity index (χ3v) is 16.5. The first-order valence-electron chi connectivity index (χ1n) is 36.8. The Balaban J connectivity index is 4.16. The van der Waals surface area contributed by atoms with E-state index in [1.165, 1.54) is 257 Å². The third kappa shape index (κ3) is 69.8. The summed E-state index contributed by atoms with van der Waals surface area (Å²) in [6.45, 7) is 6.58. The van der Waals surface area contributed by atoms with E-state index in [0.29, 0.717) is 19.3 Å². The topological polar surface area (TPSA) is 78.9 Å². The largest absolute Gasteiger partial charge is 0.462 e.